The lowest BCUT2D eigenvalue weighted by molar-refractivity contribution is -0.132. The summed E-state index contributed by atoms with van der Waals surface area (Å²) in [6.07, 6.45) is 0.428. The van der Waals surface area contributed by atoms with Gasteiger partial charge in [0.2, 0.25) is 11.8 Å². The van der Waals surface area contributed by atoms with Crippen molar-refractivity contribution in [1.29, 1.82) is 0 Å². The average Bonchev–Trinajstić information content (AvgIpc) is 3.10. The molecular weight excluding hydrogens is 414 g/mol. The van der Waals surface area contributed by atoms with Crippen LogP contribution >= 0.6 is 0 Å². The van der Waals surface area contributed by atoms with Crippen molar-refractivity contribution >= 4 is 17.5 Å². The average molecular weight is 446 g/mol. The number of para-hydroxylation sites is 1. The van der Waals surface area contributed by atoms with Gasteiger partial charge in [-0.3, -0.25) is 14.5 Å². The monoisotopic (exact) mass is 445 g/mol. The molecule has 1 fully saturated rings. The van der Waals surface area contributed by atoms with E-state index in [9.17, 15) is 9.59 Å². The number of carbonyl (C=O) groups excluding carboxylic acids is 2. The number of amides is 2. The van der Waals surface area contributed by atoms with Crippen LogP contribution in [0.15, 0.2) is 54.6 Å². The molecular formula is C26H31N5O2. The fraction of sp³-hybridized carbons (Fsp3) is 0.346. The van der Waals surface area contributed by atoms with E-state index in [-0.39, 0.29) is 11.8 Å². The number of aromatic nitrogens is 2. The second-order valence-electron chi connectivity index (χ2n) is 8.60. The number of hydrogen-bond acceptors (Lipinski definition) is 4. The van der Waals surface area contributed by atoms with Crippen LogP contribution in [0.1, 0.15) is 22.5 Å². The van der Waals surface area contributed by atoms with E-state index < -0.39 is 0 Å². The van der Waals surface area contributed by atoms with Crippen molar-refractivity contribution in [1.82, 2.24) is 19.6 Å². The number of anilines is 1. The van der Waals surface area contributed by atoms with Crippen molar-refractivity contribution in [3.8, 4) is 5.69 Å². The van der Waals surface area contributed by atoms with Gasteiger partial charge in [0.05, 0.1) is 35.7 Å². The molecule has 0 saturated carbocycles. The van der Waals surface area contributed by atoms with Gasteiger partial charge in [-0.2, -0.15) is 5.10 Å². The molecule has 2 amide bonds. The van der Waals surface area contributed by atoms with Crippen LogP contribution in [0.2, 0.25) is 0 Å². The van der Waals surface area contributed by atoms with Gasteiger partial charge in [-0.25, -0.2) is 4.68 Å². The maximum absolute atomic E-state index is 12.8. The first-order valence-electron chi connectivity index (χ1n) is 11.4. The van der Waals surface area contributed by atoms with Crippen LogP contribution in [0, 0.1) is 20.8 Å². The minimum absolute atomic E-state index is 0.0616. The third-order valence-electron chi connectivity index (χ3n) is 6.25. The Morgan fingerprint density at radius 1 is 0.909 bits per heavy atom. The van der Waals surface area contributed by atoms with E-state index in [0.717, 1.165) is 33.9 Å². The normalized spacial score (nSPS) is 14.3. The molecule has 2 heterocycles. The maximum Gasteiger partial charge on any atom is 0.238 e. The van der Waals surface area contributed by atoms with Gasteiger partial charge in [-0.1, -0.05) is 42.5 Å². The quantitative estimate of drug-likeness (QED) is 0.633. The summed E-state index contributed by atoms with van der Waals surface area (Å²) in [6.45, 7) is 8.86. The fourth-order valence-corrected chi connectivity index (χ4v) is 4.26. The zero-order valence-corrected chi connectivity index (χ0v) is 19.5. The number of carbonyl (C=O) groups is 2. The topological polar surface area (TPSA) is 70.5 Å². The minimum atomic E-state index is -0.0616. The van der Waals surface area contributed by atoms with E-state index in [2.05, 4.69) is 15.3 Å². The van der Waals surface area contributed by atoms with Gasteiger partial charge < -0.3 is 10.2 Å². The Labute approximate surface area is 195 Å². The van der Waals surface area contributed by atoms with Gasteiger partial charge in [0.1, 0.15) is 0 Å². The van der Waals surface area contributed by atoms with Gasteiger partial charge >= 0.3 is 0 Å². The molecule has 0 atom stereocenters. The number of aryl methyl sites for hydroxylation is 2. The molecule has 0 spiro atoms. The van der Waals surface area contributed by atoms with Gasteiger partial charge in [-0.05, 0) is 44.0 Å². The molecule has 1 N–H and O–H groups in total. The van der Waals surface area contributed by atoms with Crippen LogP contribution in [-0.2, 0) is 16.0 Å². The number of benzene rings is 2. The van der Waals surface area contributed by atoms with Crippen LogP contribution in [0.3, 0.4) is 0 Å². The van der Waals surface area contributed by atoms with Crippen molar-refractivity contribution in [3.63, 3.8) is 0 Å². The molecule has 7 nitrogen and oxygen atoms in total. The summed E-state index contributed by atoms with van der Waals surface area (Å²) in [5.74, 6) is 0.0847. The van der Waals surface area contributed by atoms with Gasteiger partial charge in [0.15, 0.2) is 0 Å². The number of nitrogens with zero attached hydrogens (tertiary/aromatic N) is 4. The molecule has 1 aromatic heterocycles. The molecule has 7 heteroatoms. The van der Waals surface area contributed by atoms with Crippen molar-refractivity contribution in [2.75, 3.05) is 38.0 Å². The molecule has 0 aliphatic carbocycles. The van der Waals surface area contributed by atoms with Crippen molar-refractivity contribution in [2.24, 2.45) is 0 Å². The SMILES string of the molecule is Cc1ccccc1CC(=O)N1CCN(CC(=O)Nc2c(C)nn(-c3ccccc3)c2C)CC1. The summed E-state index contributed by atoms with van der Waals surface area (Å²) in [6, 6.07) is 17.9. The summed E-state index contributed by atoms with van der Waals surface area (Å²) >= 11 is 0. The third-order valence-corrected chi connectivity index (χ3v) is 6.25. The Bertz CT molecular complexity index is 1130. The molecule has 1 aliphatic rings. The number of piperazine rings is 1. The Balaban J connectivity index is 1.30. The van der Waals surface area contributed by atoms with Crippen LogP contribution < -0.4 is 5.32 Å². The Kier molecular flexibility index (Phi) is 6.89. The predicted molar refractivity (Wildman–Crippen MR) is 130 cm³/mol. The van der Waals surface area contributed by atoms with Gasteiger partial charge in [0.25, 0.3) is 0 Å². The summed E-state index contributed by atoms with van der Waals surface area (Å²) in [7, 11) is 0. The van der Waals surface area contributed by atoms with Gasteiger partial charge in [0, 0.05) is 26.2 Å². The number of hydrogen-bond donors (Lipinski definition) is 1. The maximum atomic E-state index is 12.8. The fourth-order valence-electron chi connectivity index (χ4n) is 4.26. The Hall–Kier alpha value is -3.45. The number of nitrogens with one attached hydrogen (secondary N) is 1. The highest BCUT2D eigenvalue weighted by molar-refractivity contribution is 5.93. The highest BCUT2D eigenvalue weighted by Gasteiger charge is 2.23. The molecule has 3 aromatic rings. The minimum Gasteiger partial charge on any atom is -0.340 e. The molecule has 4 rings (SSSR count). The first-order valence-corrected chi connectivity index (χ1v) is 11.4. The standard InChI is InChI=1S/C26H31N5O2/c1-19-9-7-8-10-22(19)17-25(33)30-15-13-29(14-16-30)18-24(32)27-26-20(2)28-31(21(26)3)23-11-5-4-6-12-23/h4-12H,13-18H2,1-3H3,(H,27,32). The zero-order valence-electron chi connectivity index (χ0n) is 19.5. The van der Waals surface area contributed by atoms with Gasteiger partial charge in [-0.15, -0.1) is 0 Å². The molecule has 0 radical (unpaired) electrons. The zero-order chi connectivity index (χ0) is 23.4. The lowest BCUT2D eigenvalue weighted by atomic mass is 10.1. The lowest BCUT2D eigenvalue weighted by Crippen LogP contribution is -2.50. The van der Waals surface area contributed by atoms with E-state index in [4.69, 9.17) is 0 Å². The van der Waals surface area contributed by atoms with E-state index in [1.807, 2.05) is 85.0 Å². The van der Waals surface area contributed by atoms with Crippen LogP contribution in [0.4, 0.5) is 5.69 Å². The van der Waals surface area contributed by atoms with Crippen molar-refractivity contribution in [2.45, 2.75) is 27.2 Å². The predicted octanol–water partition coefficient (Wildman–Crippen LogP) is 3.12. The molecule has 172 valence electrons. The number of rotatable bonds is 6. The molecule has 33 heavy (non-hydrogen) atoms. The Morgan fingerprint density at radius 2 is 1.58 bits per heavy atom. The van der Waals surface area contributed by atoms with Crippen molar-refractivity contribution < 1.29 is 9.59 Å². The highest BCUT2D eigenvalue weighted by Crippen LogP contribution is 2.22. The largest absolute Gasteiger partial charge is 0.340 e. The summed E-state index contributed by atoms with van der Waals surface area (Å²) in [5, 5.41) is 7.64. The summed E-state index contributed by atoms with van der Waals surface area (Å²) in [4.78, 5) is 29.5. The lowest BCUT2D eigenvalue weighted by Gasteiger charge is -2.34. The summed E-state index contributed by atoms with van der Waals surface area (Å²) < 4.78 is 1.85. The molecule has 0 bridgehead atoms. The van der Waals surface area contributed by atoms with E-state index >= 15 is 0 Å². The second kappa shape index (κ2) is 10.0. The first kappa shape index (κ1) is 22.7. The van der Waals surface area contributed by atoms with E-state index in [1.54, 1.807) is 0 Å². The summed E-state index contributed by atoms with van der Waals surface area (Å²) in [5.41, 5.74) is 5.63. The van der Waals surface area contributed by atoms with Crippen molar-refractivity contribution in [3.05, 3.63) is 77.1 Å². The van der Waals surface area contributed by atoms with E-state index in [1.165, 1.54) is 0 Å². The van der Waals surface area contributed by atoms with Crippen LogP contribution in [-0.4, -0.2) is 64.1 Å². The smallest absolute Gasteiger partial charge is 0.238 e. The third kappa shape index (κ3) is 5.31. The molecule has 1 aliphatic heterocycles. The second-order valence-corrected chi connectivity index (χ2v) is 8.60. The molecule has 1 saturated heterocycles. The molecule has 0 unspecified atom stereocenters. The highest BCUT2D eigenvalue weighted by atomic mass is 16.2. The Morgan fingerprint density at radius 3 is 2.27 bits per heavy atom. The van der Waals surface area contributed by atoms with Crippen LogP contribution in [0.5, 0.6) is 0 Å². The van der Waals surface area contributed by atoms with Crippen LogP contribution in [0.25, 0.3) is 5.69 Å². The van der Waals surface area contributed by atoms with E-state index in [0.29, 0.717) is 39.1 Å². The first-order chi connectivity index (χ1) is 15.9. The molecule has 2 aromatic carbocycles.